The lowest BCUT2D eigenvalue weighted by Crippen LogP contribution is -2.37. The van der Waals surface area contributed by atoms with Gasteiger partial charge >= 0.3 is 0 Å². The Kier molecular flexibility index (Phi) is 5.81. The minimum atomic E-state index is -1.16. The number of methoxy groups -OCH3 is 2. The summed E-state index contributed by atoms with van der Waals surface area (Å²) in [6.45, 7) is 1.90. The predicted octanol–water partition coefficient (Wildman–Crippen LogP) is 3.97. The fourth-order valence-electron chi connectivity index (χ4n) is 4.76. The zero-order valence-electron chi connectivity index (χ0n) is 19.8. The highest BCUT2D eigenvalue weighted by atomic mass is 16.7. The van der Waals surface area contributed by atoms with Crippen molar-refractivity contribution in [2.45, 2.75) is 19.1 Å². The minimum absolute atomic E-state index is 0.168. The monoisotopic (exact) mass is 489 g/mol. The summed E-state index contributed by atoms with van der Waals surface area (Å²) >= 11 is 0. The van der Waals surface area contributed by atoms with Crippen molar-refractivity contribution in [3.8, 4) is 11.5 Å². The highest BCUT2D eigenvalue weighted by molar-refractivity contribution is 6.24. The van der Waals surface area contributed by atoms with Crippen LogP contribution in [0.15, 0.2) is 66.7 Å². The van der Waals surface area contributed by atoms with Crippen LogP contribution in [-0.4, -0.2) is 37.1 Å². The standard InChI is InChI=1S/C26H23N3O7/c1-15-9-11-16(12-10-15)27-25(30)22-23(18-13-20(34-2)21(35-3)14-19(18)29(32)33)28(36-24(22)26(27)31)17-7-5-4-6-8-17/h4-14,22-24H,1-3H3/t22-,23+,24-/m0/s1. The van der Waals surface area contributed by atoms with Gasteiger partial charge in [0.05, 0.1) is 42.1 Å². The summed E-state index contributed by atoms with van der Waals surface area (Å²) in [4.78, 5) is 46.0. The lowest BCUT2D eigenvalue weighted by atomic mass is 9.89. The zero-order valence-corrected chi connectivity index (χ0v) is 19.8. The van der Waals surface area contributed by atoms with Crippen molar-refractivity contribution < 1.29 is 28.8 Å². The maximum absolute atomic E-state index is 13.8. The molecule has 2 saturated heterocycles. The summed E-state index contributed by atoms with van der Waals surface area (Å²) in [5, 5.41) is 13.5. The smallest absolute Gasteiger partial charge is 0.278 e. The second-order valence-corrected chi connectivity index (χ2v) is 8.53. The van der Waals surface area contributed by atoms with Crippen molar-refractivity contribution in [1.29, 1.82) is 0 Å². The van der Waals surface area contributed by atoms with E-state index < -0.39 is 34.8 Å². The fraction of sp³-hybridized carbons (Fsp3) is 0.231. The largest absolute Gasteiger partial charge is 0.493 e. The van der Waals surface area contributed by atoms with E-state index >= 15 is 0 Å². The van der Waals surface area contributed by atoms with Gasteiger partial charge in [0.15, 0.2) is 17.6 Å². The minimum Gasteiger partial charge on any atom is -0.493 e. The number of amides is 2. The van der Waals surface area contributed by atoms with E-state index in [1.165, 1.54) is 31.4 Å². The molecule has 0 spiro atoms. The second kappa shape index (κ2) is 8.97. The number of imide groups is 1. The number of ether oxygens (including phenoxy) is 2. The average Bonchev–Trinajstić information content (AvgIpc) is 3.40. The zero-order chi connectivity index (χ0) is 25.6. The number of hydroxylamine groups is 1. The van der Waals surface area contributed by atoms with Gasteiger partial charge in [0.2, 0.25) is 5.91 Å². The molecule has 0 radical (unpaired) electrons. The van der Waals surface area contributed by atoms with Crippen LogP contribution in [0, 0.1) is 23.0 Å². The molecular formula is C26H23N3O7. The van der Waals surface area contributed by atoms with Crippen LogP contribution in [0.4, 0.5) is 17.1 Å². The lowest BCUT2D eigenvalue weighted by molar-refractivity contribution is -0.385. The Hall–Kier alpha value is -4.44. The number of carbonyl (C=O) groups is 2. The third-order valence-corrected chi connectivity index (χ3v) is 6.47. The molecule has 2 aliphatic rings. The van der Waals surface area contributed by atoms with Crippen molar-refractivity contribution in [3.63, 3.8) is 0 Å². The molecule has 0 aromatic heterocycles. The van der Waals surface area contributed by atoms with Crippen LogP contribution in [0.5, 0.6) is 11.5 Å². The molecule has 184 valence electrons. The van der Waals surface area contributed by atoms with Gasteiger partial charge < -0.3 is 9.47 Å². The molecule has 0 unspecified atom stereocenters. The molecule has 2 aliphatic heterocycles. The first-order valence-electron chi connectivity index (χ1n) is 11.2. The summed E-state index contributed by atoms with van der Waals surface area (Å²) in [6.07, 6.45) is -1.16. The molecule has 2 amide bonds. The highest BCUT2D eigenvalue weighted by Gasteiger charge is 2.61. The molecule has 3 aromatic carbocycles. The molecule has 36 heavy (non-hydrogen) atoms. The van der Waals surface area contributed by atoms with Gasteiger partial charge in [0, 0.05) is 0 Å². The van der Waals surface area contributed by atoms with Crippen LogP contribution in [0.1, 0.15) is 17.2 Å². The van der Waals surface area contributed by atoms with E-state index in [9.17, 15) is 19.7 Å². The van der Waals surface area contributed by atoms with E-state index in [4.69, 9.17) is 14.3 Å². The lowest BCUT2D eigenvalue weighted by Gasteiger charge is -2.29. The number of hydrogen-bond acceptors (Lipinski definition) is 8. The second-order valence-electron chi connectivity index (χ2n) is 8.53. The van der Waals surface area contributed by atoms with Crippen LogP contribution in [0.3, 0.4) is 0 Å². The van der Waals surface area contributed by atoms with E-state index in [0.717, 1.165) is 10.5 Å². The van der Waals surface area contributed by atoms with E-state index in [-0.39, 0.29) is 22.7 Å². The molecule has 3 aromatic rings. The van der Waals surface area contributed by atoms with Gasteiger partial charge in [-0.15, -0.1) is 0 Å². The number of benzene rings is 3. The molecule has 2 heterocycles. The topological polar surface area (TPSA) is 111 Å². The van der Waals surface area contributed by atoms with Crippen LogP contribution in [-0.2, 0) is 14.4 Å². The van der Waals surface area contributed by atoms with Crippen molar-refractivity contribution >= 4 is 28.9 Å². The maximum atomic E-state index is 13.8. The van der Waals surface area contributed by atoms with Gasteiger partial charge in [-0.3, -0.25) is 24.5 Å². The molecule has 0 aliphatic carbocycles. The number of rotatable bonds is 6. The average molecular weight is 489 g/mol. The predicted molar refractivity (Wildman–Crippen MR) is 130 cm³/mol. The highest BCUT2D eigenvalue weighted by Crippen LogP contribution is 2.51. The Morgan fingerprint density at radius 1 is 0.889 bits per heavy atom. The van der Waals surface area contributed by atoms with E-state index in [1.807, 2.05) is 13.0 Å². The molecule has 2 fully saturated rings. The van der Waals surface area contributed by atoms with Gasteiger partial charge in [0.25, 0.3) is 11.6 Å². The molecule has 3 atom stereocenters. The fourth-order valence-corrected chi connectivity index (χ4v) is 4.76. The van der Waals surface area contributed by atoms with E-state index in [0.29, 0.717) is 11.4 Å². The number of nitrogens with zero attached hydrogens (tertiary/aromatic N) is 3. The van der Waals surface area contributed by atoms with Crippen LogP contribution in [0.25, 0.3) is 0 Å². The first kappa shape index (κ1) is 23.3. The van der Waals surface area contributed by atoms with E-state index in [2.05, 4.69) is 0 Å². The third-order valence-electron chi connectivity index (χ3n) is 6.47. The molecule has 10 nitrogen and oxygen atoms in total. The van der Waals surface area contributed by atoms with Crippen molar-refractivity contribution in [2.24, 2.45) is 5.92 Å². The number of carbonyl (C=O) groups excluding carboxylic acids is 2. The van der Waals surface area contributed by atoms with Crippen LogP contribution >= 0.6 is 0 Å². The van der Waals surface area contributed by atoms with E-state index in [1.54, 1.807) is 48.5 Å². The Morgan fingerprint density at radius 3 is 2.14 bits per heavy atom. The Morgan fingerprint density at radius 2 is 1.53 bits per heavy atom. The van der Waals surface area contributed by atoms with Crippen molar-refractivity contribution in [3.05, 3.63) is 88.0 Å². The summed E-state index contributed by atoms with van der Waals surface area (Å²) in [5.41, 5.74) is 1.82. The van der Waals surface area contributed by atoms with Crippen LogP contribution < -0.4 is 19.4 Å². The number of aryl methyl sites for hydroxylation is 1. The van der Waals surface area contributed by atoms with Gasteiger partial charge in [-0.05, 0) is 37.3 Å². The van der Waals surface area contributed by atoms with Gasteiger partial charge in [0.1, 0.15) is 12.0 Å². The SMILES string of the molecule is COc1cc([C@@H]2[C@@H]3C(=O)N(c4ccc(C)cc4)C(=O)[C@H]3ON2c2ccccc2)c([N+](=O)[O-])cc1OC. The summed E-state index contributed by atoms with van der Waals surface area (Å²) in [7, 11) is 2.80. The summed E-state index contributed by atoms with van der Waals surface area (Å²) in [5.74, 6) is -1.64. The number of nitro benzene ring substituents is 1. The number of hydrogen-bond donors (Lipinski definition) is 0. The van der Waals surface area contributed by atoms with Gasteiger partial charge in [-0.2, -0.15) is 0 Å². The molecule has 0 saturated carbocycles. The summed E-state index contributed by atoms with van der Waals surface area (Å²) in [6, 6.07) is 17.6. The number of para-hydroxylation sites is 1. The van der Waals surface area contributed by atoms with Crippen molar-refractivity contribution in [1.82, 2.24) is 0 Å². The first-order valence-corrected chi connectivity index (χ1v) is 11.2. The Balaban J connectivity index is 1.68. The van der Waals surface area contributed by atoms with Gasteiger partial charge in [-0.1, -0.05) is 35.9 Å². The normalized spacial score (nSPS) is 21.0. The molecule has 10 heteroatoms. The number of fused-ring (bicyclic) bond motifs is 1. The molecule has 0 N–H and O–H groups in total. The molecule has 0 bridgehead atoms. The van der Waals surface area contributed by atoms with Crippen molar-refractivity contribution in [2.75, 3.05) is 24.2 Å². The Labute approximate surface area is 206 Å². The maximum Gasteiger partial charge on any atom is 0.278 e. The number of nitro groups is 1. The number of anilines is 2. The van der Waals surface area contributed by atoms with Crippen LogP contribution in [0.2, 0.25) is 0 Å². The Bertz CT molecular complexity index is 1340. The third kappa shape index (κ3) is 3.62. The first-order chi connectivity index (χ1) is 17.3. The quantitative estimate of drug-likeness (QED) is 0.291. The molecule has 5 rings (SSSR count). The summed E-state index contributed by atoms with van der Waals surface area (Å²) < 4.78 is 10.7. The van der Waals surface area contributed by atoms with Gasteiger partial charge in [-0.25, -0.2) is 9.96 Å². The molecular weight excluding hydrogens is 466 g/mol.